The van der Waals surface area contributed by atoms with Crippen molar-refractivity contribution >= 4 is 17.0 Å². The quantitative estimate of drug-likeness (QED) is 0.581. The summed E-state index contributed by atoms with van der Waals surface area (Å²) >= 11 is 0. The van der Waals surface area contributed by atoms with E-state index < -0.39 is 11.8 Å². The normalized spacial score (nSPS) is 10.6. The summed E-state index contributed by atoms with van der Waals surface area (Å²) in [4.78, 5) is 14.6. The Bertz CT molecular complexity index is 566. The Balaban J connectivity index is 0.00000144. The van der Waals surface area contributed by atoms with Gasteiger partial charge in [0.15, 0.2) is 11.6 Å². The Kier molecular flexibility index (Phi) is 4.30. The second-order valence-electron chi connectivity index (χ2n) is 3.79. The number of nitrogens with zero attached hydrogens (tertiary/aromatic N) is 2. The minimum atomic E-state index is -1.40. The van der Waals surface area contributed by atoms with Crippen molar-refractivity contribution in [2.45, 2.75) is 19.9 Å². The van der Waals surface area contributed by atoms with Crippen LogP contribution in [-0.2, 0) is 0 Å². The van der Waals surface area contributed by atoms with Crippen molar-refractivity contribution in [3.63, 3.8) is 0 Å². The van der Waals surface area contributed by atoms with Gasteiger partial charge in [-0.15, -0.1) is 0 Å². The molecule has 2 aromatic rings. The molecule has 17 heavy (non-hydrogen) atoms. The number of carboxylic acid groups (broad SMARTS) is 1. The molecular weight excluding hydrogens is 234 g/mol. The van der Waals surface area contributed by atoms with Gasteiger partial charge < -0.3 is 14.5 Å². The van der Waals surface area contributed by atoms with Crippen molar-refractivity contribution in [1.82, 2.24) is 9.55 Å². The van der Waals surface area contributed by atoms with Gasteiger partial charge in [0.05, 0.1) is 5.52 Å². The molecular formula is C11H10FN2NaO2. The fourth-order valence-corrected chi connectivity index (χ4v) is 1.75. The molecule has 0 aliphatic heterocycles. The minimum absolute atomic E-state index is 0. The Hall–Kier alpha value is -0.910. The van der Waals surface area contributed by atoms with Gasteiger partial charge in [0.2, 0.25) is 0 Å². The number of rotatable bonds is 2. The molecule has 0 saturated heterocycles. The van der Waals surface area contributed by atoms with Gasteiger partial charge >= 0.3 is 29.6 Å². The number of imidazole rings is 1. The van der Waals surface area contributed by atoms with Crippen LogP contribution in [0.15, 0.2) is 18.2 Å². The Labute approximate surface area is 120 Å². The van der Waals surface area contributed by atoms with Crippen LogP contribution in [-0.4, -0.2) is 15.5 Å². The molecule has 1 aromatic carbocycles. The number of carboxylic acids is 1. The van der Waals surface area contributed by atoms with Crippen LogP contribution >= 0.6 is 0 Å². The molecule has 1 aromatic heterocycles. The fourth-order valence-electron chi connectivity index (χ4n) is 1.75. The Morgan fingerprint density at radius 2 is 2.12 bits per heavy atom. The largest absolute Gasteiger partial charge is 1.00 e. The van der Waals surface area contributed by atoms with E-state index in [1.165, 1.54) is 16.7 Å². The van der Waals surface area contributed by atoms with Crippen molar-refractivity contribution < 1.29 is 43.8 Å². The molecule has 0 unspecified atom stereocenters. The van der Waals surface area contributed by atoms with E-state index in [1.807, 2.05) is 0 Å². The number of fused-ring (bicyclic) bond motifs is 1. The maximum Gasteiger partial charge on any atom is 1.00 e. The van der Waals surface area contributed by atoms with E-state index in [1.54, 1.807) is 19.9 Å². The van der Waals surface area contributed by atoms with Gasteiger partial charge in [0.1, 0.15) is 11.5 Å². The molecule has 0 aliphatic rings. The number of aromatic nitrogens is 2. The van der Waals surface area contributed by atoms with E-state index in [9.17, 15) is 14.3 Å². The van der Waals surface area contributed by atoms with E-state index in [0.29, 0.717) is 5.52 Å². The minimum Gasteiger partial charge on any atom is -0.542 e. The third-order valence-corrected chi connectivity index (χ3v) is 2.37. The number of hydrogen-bond acceptors (Lipinski definition) is 3. The average Bonchev–Trinajstić information content (AvgIpc) is 2.58. The van der Waals surface area contributed by atoms with E-state index in [4.69, 9.17) is 0 Å². The molecule has 0 bridgehead atoms. The maximum absolute atomic E-state index is 13.4. The molecule has 84 valence electrons. The first kappa shape index (κ1) is 14.2. The van der Waals surface area contributed by atoms with E-state index in [2.05, 4.69) is 4.98 Å². The smallest absolute Gasteiger partial charge is 0.542 e. The van der Waals surface area contributed by atoms with Crippen molar-refractivity contribution in [2.24, 2.45) is 0 Å². The number of carbonyl (C=O) groups excluding carboxylic acids is 1. The topological polar surface area (TPSA) is 58.0 Å². The van der Waals surface area contributed by atoms with Gasteiger partial charge in [-0.1, -0.05) is 6.07 Å². The molecule has 0 N–H and O–H groups in total. The summed E-state index contributed by atoms with van der Waals surface area (Å²) in [5.74, 6) is -2.17. The average molecular weight is 244 g/mol. The number of para-hydroxylation sites is 1. The van der Waals surface area contributed by atoms with Gasteiger partial charge in [0.25, 0.3) is 0 Å². The number of hydrogen-bond donors (Lipinski definition) is 0. The maximum atomic E-state index is 13.4. The summed E-state index contributed by atoms with van der Waals surface area (Å²) in [5.41, 5.74) is 0.532. The standard InChI is InChI=1S/C11H11FN2O2.Na/c1-6(2)14-8-5-3-4-7(12)9(8)13-10(14)11(15)16;/h3-6H,1-2H3,(H,15,16);/q;+1/p-1. The monoisotopic (exact) mass is 244 g/mol. The van der Waals surface area contributed by atoms with E-state index in [-0.39, 0.29) is 46.9 Å². The molecule has 0 aliphatic carbocycles. The van der Waals surface area contributed by atoms with Gasteiger partial charge in [-0.3, -0.25) is 0 Å². The first-order valence-corrected chi connectivity index (χ1v) is 4.90. The van der Waals surface area contributed by atoms with Gasteiger partial charge in [-0.25, -0.2) is 9.37 Å². The zero-order valence-corrected chi connectivity index (χ0v) is 11.9. The van der Waals surface area contributed by atoms with E-state index >= 15 is 0 Å². The summed E-state index contributed by atoms with van der Waals surface area (Å²) in [6.45, 7) is 3.61. The van der Waals surface area contributed by atoms with Crippen molar-refractivity contribution in [3.05, 3.63) is 29.8 Å². The van der Waals surface area contributed by atoms with Crippen LogP contribution in [0.2, 0.25) is 0 Å². The van der Waals surface area contributed by atoms with Crippen molar-refractivity contribution in [3.8, 4) is 0 Å². The van der Waals surface area contributed by atoms with Crippen molar-refractivity contribution in [2.75, 3.05) is 0 Å². The zero-order chi connectivity index (χ0) is 11.9. The molecule has 0 fully saturated rings. The number of halogens is 1. The Morgan fingerprint density at radius 1 is 1.47 bits per heavy atom. The SMILES string of the molecule is CC(C)n1c(C(=O)[O-])nc2c(F)cccc21.[Na+]. The molecule has 0 atom stereocenters. The van der Waals surface area contributed by atoms with Gasteiger partial charge in [0, 0.05) is 6.04 Å². The zero-order valence-electron chi connectivity index (χ0n) is 9.90. The third-order valence-electron chi connectivity index (χ3n) is 2.37. The number of carbonyl (C=O) groups is 1. The number of aromatic carboxylic acids is 1. The first-order valence-electron chi connectivity index (χ1n) is 4.90. The van der Waals surface area contributed by atoms with E-state index in [0.717, 1.165) is 0 Å². The third kappa shape index (κ3) is 2.36. The van der Waals surface area contributed by atoms with Gasteiger partial charge in [-0.05, 0) is 26.0 Å². The van der Waals surface area contributed by atoms with Crippen LogP contribution in [0.4, 0.5) is 4.39 Å². The Morgan fingerprint density at radius 3 is 2.65 bits per heavy atom. The molecule has 0 radical (unpaired) electrons. The molecule has 6 heteroatoms. The summed E-state index contributed by atoms with van der Waals surface area (Å²) in [5, 5.41) is 10.9. The van der Waals surface area contributed by atoms with Crippen LogP contribution < -0.4 is 34.7 Å². The molecule has 2 rings (SSSR count). The summed E-state index contributed by atoms with van der Waals surface area (Å²) in [6, 6.07) is 4.29. The molecule has 0 saturated carbocycles. The van der Waals surface area contributed by atoms with Crippen molar-refractivity contribution in [1.29, 1.82) is 0 Å². The molecule has 0 spiro atoms. The second kappa shape index (κ2) is 5.16. The van der Waals surface area contributed by atoms with Crippen LogP contribution in [0, 0.1) is 5.82 Å². The van der Waals surface area contributed by atoms with Gasteiger partial charge in [-0.2, -0.15) is 0 Å². The summed E-state index contributed by atoms with van der Waals surface area (Å²) in [7, 11) is 0. The van der Waals surface area contributed by atoms with Crippen LogP contribution in [0.25, 0.3) is 11.0 Å². The summed E-state index contributed by atoms with van der Waals surface area (Å²) < 4.78 is 14.9. The first-order chi connectivity index (χ1) is 7.52. The molecule has 0 amide bonds. The summed E-state index contributed by atoms with van der Waals surface area (Å²) in [6.07, 6.45) is 0. The number of benzene rings is 1. The molecule has 4 nitrogen and oxygen atoms in total. The predicted molar refractivity (Wildman–Crippen MR) is 54.4 cm³/mol. The second-order valence-corrected chi connectivity index (χ2v) is 3.79. The predicted octanol–water partition coefficient (Wildman–Crippen LogP) is -1.88. The van der Waals surface area contributed by atoms with Crippen LogP contribution in [0.5, 0.6) is 0 Å². The van der Waals surface area contributed by atoms with Crippen LogP contribution in [0.1, 0.15) is 30.5 Å². The van der Waals surface area contributed by atoms with Crippen LogP contribution in [0.3, 0.4) is 0 Å². The fraction of sp³-hybridized carbons (Fsp3) is 0.273. The molecule has 1 heterocycles.